The third kappa shape index (κ3) is 5.84. The molecule has 1 aromatic carbocycles. The zero-order valence-electron chi connectivity index (χ0n) is 17.3. The molecule has 0 radical (unpaired) electrons. The van der Waals surface area contributed by atoms with Gasteiger partial charge in [0.1, 0.15) is 5.60 Å². The van der Waals surface area contributed by atoms with Gasteiger partial charge >= 0.3 is 11.9 Å². The molecule has 28 heavy (non-hydrogen) atoms. The lowest BCUT2D eigenvalue weighted by Crippen LogP contribution is -2.24. The molecule has 2 rings (SSSR count). The van der Waals surface area contributed by atoms with Crippen molar-refractivity contribution >= 4 is 18.0 Å². The smallest absolute Gasteiger partial charge is 0.340 e. The molecule has 0 atom stereocenters. The van der Waals surface area contributed by atoms with E-state index < -0.39 is 17.5 Å². The maximum Gasteiger partial charge on any atom is 0.340 e. The van der Waals surface area contributed by atoms with Crippen LogP contribution in [0.5, 0.6) is 0 Å². The van der Waals surface area contributed by atoms with Crippen molar-refractivity contribution in [2.45, 2.75) is 46.1 Å². The number of hydrogen-bond acceptors (Lipinski definition) is 4. The van der Waals surface area contributed by atoms with E-state index in [1.807, 2.05) is 69.6 Å². The molecule has 5 heteroatoms. The molecule has 0 aliphatic rings. The Morgan fingerprint density at radius 1 is 1.14 bits per heavy atom. The van der Waals surface area contributed by atoms with Crippen molar-refractivity contribution in [2.75, 3.05) is 6.61 Å². The van der Waals surface area contributed by atoms with Gasteiger partial charge in [0, 0.05) is 30.6 Å². The van der Waals surface area contributed by atoms with Crippen molar-refractivity contribution < 1.29 is 19.1 Å². The zero-order valence-corrected chi connectivity index (χ0v) is 17.3. The Labute approximate surface area is 167 Å². The minimum atomic E-state index is -0.597. The summed E-state index contributed by atoms with van der Waals surface area (Å²) in [6.45, 7) is 7.95. The Kier molecular flexibility index (Phi) is 7.21. The SMILES string of the molecule is CCCCOC(=O)/C=C/c1c(-c2ccccc2)c(C(=O)OC(C)(C)C)cn1C. The molecule has 0 saturated heterocycles. The van der Waals surface area contributed by atoms with Crippen molar-refractivity contribution in [1.29, 1.82) is 0 Å². The van der Waals surface area contributed by atoms with Gasteiger partial charge in [0.15, 0.2) is 0 Å². The van der Waals surface area contributed by atoms with Gasteiger partial charge in [0.25, 0.3) is 0 Å². The second-order valence-corrected chi connectivity index (χ2v) is 7.64. The summed E-state index contributed by atoms with van der Waals surface area (Å²) in [5, 5.41) is 0. The van der Waals surface area contributed by atoms with Crippen LogP contribution < -0.4 is 0 Å². The van der Waals surface area contributed by atoms with E-state index in [1.165, 1.54) is 6.08 Å². The largest absolute Gasteiger partial charge is 0.463 e. The van der Waals surface area contributed by atoms with Gasteiger partial charge in [-0.25, -0.2) is 9.59 Å². The first-order valence-electron chi connectivity index (χ1n) is 9.56. The van der Waals surface area contributed by atoms with Crippen LogP contribution in [-0.2, 0) is 21.3 Å². The first kappa shape index (κ1) is 21.5. The predicted octanol–water partition coefficient (Wildman–Crippen LogP) is 5.00. The van der Waals surface area contributed by atoms with Crippen molar-refractivity contribution in [2.24, 2.45) is 7.05 Å². The Balaban J connectivity index is 2.42. The first-order chi connectivity index (χ1) is 13.2. The average molecular weight is 383 g/mol. The standard InChI is InChI=1S/C23H29NO4/c1-6-7-15-27-20(25)14-13-19-21(17-11-9-8-10-12-17)18(16-24(19)5)22(26)28-23(2,3)4/h8-14,16H,6-7,15H2,1-5H3/b14-13+. The highest BCUT2D eigenvalue weighted by Gasteiger charge is 2.25. The summed E-state index contributed by atoms with van der Waals surface area (Å²) in [4.78, 5) is 24.7. The molecule has 0 amide bonds. The van der Waals surface area contributed by atoms with E-state index in [0.29, 0.717) is 12.2 Å². The average Bonchev–Trinajstić information content (AvgIpc) is 2.96. The maximum absolute atomic E-state index is 12.8. The van der Waals surface area contributed by atoms with Crippen LogP contribution in [0.15, 0.2) is 42.6 Å². The molecular weight excluding hydrogens is 354 g/mol. The first-order valence-corrected chi connectivity index (χ1v) is 9.56. The van der Waals surface area contributed by atoms with Crippen LogP contribution in [0.1, 0.15) is 56.6 Å². The van der Waals surface area contributed by atoms with Crippen LogP contribution >= 0.6 is 0 Å². The van der Waals surface area contributed by atoms with Crippen molar-refractivity contribution in [1.82, 2.24) is 4.57 Å². The molecule has 5 nitrogen and oxygen atoms in total. The fraction of sp³-hybridized carbons (Fsp3) is 0.391. The summed E-state index contributed by atoms with van der Waals surface area (Å²) in [6.07, 6.45) is 6.62. The minimum absolute atomic E-state index is 0.396. The van der Waals surface area contributed by atoms with E-state index in [2.05, 4.69) is 0 Å². The number of hydrogen-bond donors (Lipinski definition) is 0. The van der Waals surface area contributed by atoms with Gasteiger partial charge in [-0.3, -0.25) is 0 Å². The lowest BCUT2D eigenvalue weighted by molar-refractivity contribution is -0.137. The molecule has 0 bridgehead atoms. The molecule has 0 unspecified atom stereocenters. The summed E-state index contributed by atoms with van der Waals surface area (Å²) < 4.78 is 12.6. The molecule has 2 aromatic rings. The summed E-state index contributed by atoms with van der Waals surface area (Å²) >= 11 is 0. The molecule has 150 valence electrons. The van der Waals surface area contributed by atoms with Crippen LogP contribution in [0.3, 0.4) is 0 Å². The summed E-state index contributed by atoms with van der Waals surface area (Å²) in [6, 6.07) is 9.60. The molecule has 1 heterocycles. The van der Waals surface area contributed by atoms with Crippen LogP contribution in [-0.4, -0.2) is 28.7 Å². The van der Waals surface area contributed by atoms with Gasteiger partial charge in [-0.2, -0.15) is 0 Å². The van der Waals surface area contributed by atoms with Crippen molar-refractivity contribution in [3.05, 3.63) is 53.9 Å². The topological polar surface area (TPSA) is 57.5 Å². The van der Waals surface area contributed by atoms with Gasteiger partial charge in [0.2, 0.25) is 0 Å². The quantitative estimate of drug-likeness (QED) is 0.383. The molecular formula is C23H29NO4. The third-order valence-corrected chi connectivity index (χ3v) is 4.03. The van der Waals surface area contributed by atoms with Crippen molar-refractivity contribution in [3.63, 3.8) is 0 Å². The number of benzene rings is 1. The molecule has 0 spiro atoms. The molecule has 0 N–H and O–H groups in total. The summed E-state index contributed by atoms with van der Waals surface area (Å²) in [5.41, 5.74) is 2.21. The van der Waals surface area contributed by atoms with Gasteiger partial charge in [0.05, 0.1) is 12.2 Å². The number of aromatic nitrogens is 1. The van der Waals surface area contributed by atoms with Crippen LogP contribution in [0, 0.1) is 0 Å². The summed E-state index contributed by atoms with van der Waals surface area (Å²) in [7, 11) is 1.84. The van der Waals surface area contributed by atoms with E-state index in [9.17, 15) is 9.59 Å². The van der Waals surface area contributed by atoms with E-state index >= 15 is 0 Å². The molecule has 1 aromatic heterocycles. The normalized spacial score (nSPS) is 11.6. The summed E-state index contributed by atoms with van der Waals surface area (Å²) in [5.74, 6) is -0.792. The van der Waals surface area contributed by atoms with Gasteiger partial charge in [-0.1, -0.05) is 43.7 Å². The molecule has 0 fully saturated rings. The van der Waals surface area contributed by atoms with Crippen LogP contribution in [0.4, 0.5) is 0 Å². The highest BCUT2D eigenvalue weighted by molar-refractivity contribution is 6.00. The molecule has 0 aliphatic heterocycles. The van der Waals surface area contributed by atoms with E-state index in [1.54, 1.807) is 12.3 Å². The number of ether oxygens (including phenoxy) is 2. The second-order valence-electron chi connectivity index (χ2n) is 7.64. The highest BCUT2D eigenvalue weighted by Crippen LogP contribution is 2.31. The molecule has 0 saturated carbocycles. The second kappa shape index (κ2) is 9.40. The number of aryl methyl sites for hydroxylation is 1. The van der Waals surface area contributed by atoms with Crippen LogP contribution in [0.2, 0.25) is 0 Å². The number of rotatable bonds is 7. The zero-order chi connectivity index (χ0) is 20.7. The fourth-order valence-corrected chi connectivity index (χ4v) is 2.75. The third-order valence-electron chi connectivity index (χ3n) is 4.03. The van der Waals surface area contributed by atoms with E-state index in [-0.39, 0.29) is 0 Å². The lowest BCUT2D eigenvalue weighted by atomic mass is 10.0. The lowest BCUT2D eigenvalue weighted by Gasteiger charge is -2.19. The number of carbonyl (C=O) groups excluding carboxylic acids is 2. The number of carbonyl (C=O) groups is 2. The van der Waals surface area contributed by atoms with Gasteiger partial charge in [-0.05, 0) is 38.8 Å². The molecule has 0 aliphatic carbocycles. The number of unbranched alkanes of at least 4 members (excludes halogenated alkanes) is 1. The maximum atomic E-state index is 12.8. The monoisotopic (exact) mass is 383 g/mol. The minimum Gasteiger partial charge on any atom is -0.463 e. The Bertz CT molecular complexity index is 841. The van der Waals surface area contributed by atoms with Crippen LogP contribution in [0.25, 0.3) is 17.2 Å². The Hall–Kier alpha value is -2.82. The highest BCUT2D eigenvalue weighted by atomic mass is 16.6. The van der Waals surface area contributed by atoms with E-state index in [0.717, 1.165) is 29.7 Å². The van der Waals surface area contributed by atoms with Crippen molar-refractivity contribution in [3.8, 4) is 11.1 Å². The Morgan fingerprint density at radius 3 is 2.43 bits per heavy atom. The fourth-order valence-electron chi connectivity index (χ4n) is 2.75. The van der Waals surface area contributed by atoms with Gasteiger partial charge < -0.3 is 14.0 Å². The van der Waals surface area contributed by atoms with Gasteiger partial charge in [-0.15, -0.1) is 0 Å². The number of nitrogens with zero attached hydrogens (tertiary/aromatic N) is 1. The van der Waals surface area contributed by atoms with E-state index in [4.69, 9.17) is 9.47 Å². The number of esters is 2. The predicted molar refractivity (Wildman–Crippen MR) is 111 cm³/mol. The Morgan fingerprint density at radius 2 is 1.82 bits per heavy atom.